The molecule has 2 rings (SSSR count). The van der Waals surface area contributed by atoms with Crippen molar-refractivity contribution in [3.63, 3.8) is 0 Å². The van der Waals surface area contributed by atoms with Gasteiger partial charge in [-0.25, -0.2) is 9.79 Å². The molecule has 0 bridgehead atoms. The second-order valence-electron chi connectivity index (χ2n) is 4.92. The summed E-state index contributed by atoms with van der Waals surface area (Å²) in [6, 6.07) is 9.85. The Balaban J connectivity index is 2.63. The van der Waals surface area contributed by atoms with Gasteiger partial charge in [-0.3, -0.25) is 0 Å². The number of aryl methyl sites for hydroxylation is 1. The monoisotopic (exact) mass is 285 g/mol. The number of carbonyl (C=O) groups is 1. The van der Waals surface area contributed by atoms with Crippen molar-refractivity contribution in [1.82, 2.24) is 9.47 Å². The Morgan fingerprint density at radius 1 is 1.29 bits per heavy atom. The molecule has 110 valence electrons. The molecule has 1 aromatic carbocycles. The van der Waals surface area contributed by atoms with Crippen molar-refractivity contribution < 1.29 is 9.53 Å². The van der Waals surface area contributed by atoms with E-state index in [4.69, 9.17) is 4.74 Å². The summed E-state index contributed by atoms with van der Waals surface area (Å²) in [7, 11) is 6.95. The SMILES string of the molecule is COC(=O)c1c(N=CN(C)C)c(-c2ccccc2)cn1C. The first-order chi connectivity index (χ1) is 10.0. The molecule has 0 saturated heterocycles. The van der Waals surface area contributed by atoms with Gasteiger partial charge in [0.1, 0.15) is 5.69 Å². The minimum Gasteiger partial charge on any atom is -0.464 e. The largest absolute Gasteiger partial charge is 0.464 e. The number of hydrogen-bond acceptors (Lipinski definition) is 3. The zero-order valence-corrected chi connectivity index (χ0v) is 12.7. The van der Waals surface area contributed by atoms with Gasteiger partial charge in [0.15, 0.2) is 5.69 Å². The molecule has 2 aromatic rings. The van der Waals surface area contributed by atoms with E-state index in [1.54, 1.807) is 10.9 Å². The lowest BCUT2D eigenvalue weighted by Gasteiger charge is -2.06. The highest BCUT2D eigenvalue weighted by Crippen LogP contribution is 2.35. The summed E-state index contributed by atoms with van der Waals surface area (Å²) in [5, 5.41) is 0. The van der Waals surface area contributed by atoms with E-state index >= 15 is 0 Å². The van der Waals surface area contributed by atoms with Crippen molar-refractivity contribution in [2.45, 2.75) is 0 Å². The van der Waals surface area contributed by atoms with Crippen LogP contribution in [0.15, 0.2) is 41.5 Å². The Bertz CT molecular complexity index is 658. The lowest BCUT2D eigenvalue weighted by Crippen LogP contribution is -2.09. The van der Waals surface area contributed by atoms with Crippen LogP contribution in [0.5, 0.6) is 0 Å². The molecular formula is C16H19N3O2. The second-order valence-corrected chi connectivity index (χ2v) is 4.92. The zero-order valence-electron chi connectivity index (χ0n) is 12.7. The summed E-state index contributed by atoms with van der Waals surface area (Å²) >= 11 is 0. The molecule has 0 aliphatic carbocycles. The number of aliphatic imine (C=N–C) groups is 1. The molecule has 1 aromatic heterocycles. The molecule has 0 N–H and O–H groups in total. The van der Waals surface area contributed by atoms with Crippen LogP contribution < -0.4 is 0 Å². The van der Waals surface area contributed by atoms with Gasteiger partial charge in [0.25, 0.3) is 0 Å². The first-order valence-corrected chi connectivity index (χ1v) is 6.58. The fourth-order valence-electron chi connectivity index (χ4n) is 2.08. The van der Waals surface area contributed by atoms with E-state index in [-0.39, 0.29) is 0 Å². The summed E-state index contributed by atoms with van der Waals surface area (Å²) < 4.78 is 6.61. The number of esters is 1. The zero-order chi connectivity index (χ0) is 15.4. The normalized spacial score (nSPS) is 10.9. The minimum absolute atomic E-state index is 0.398. The molecule has 0 fully saturated rings. The maximum absolute atomic E-state index is 12.0. The molecule has 5 nitrogen and oxygen atoms in total. The number of ether oxygens (including phenoxy) is 1. The predicted octanol–water partition coefficient (Wildman–Crippen LogP) is 2.70. The van der Waals surface area contributed by atoms with Crippen LogP contribution in [-0.2, 0) is 11.8 Å². The highest BCUT2D eigenvalue weighted by Gasteiger charge is 2.21. The molecule has 0 atom stereocenters. The standard InChI is InChI=1S/C16H19N3O2/c1-18(2)11-17-14-13(12-8-6-5-7-9-12)10-19(3)15(14)16(20)21-4/h5-11H,1-4H3. The van der Waals surface area contributed by atoms with Gasteiger partial charge < -0.3 is 14.2 Å². The fraction of sp³-hybridized carbons (Fsp3) is 0.250. The number of rotatable bonds is 4. The van der Waals surface area contributed by atoms with E-state index in [1.165, 1.54) is 7.11 Å². The van der Waals surface area contributed by atoms with Gasteiger partial charge in [-0.2, -0.15) is 0 Å². The molecular weight excluding hydrogens is 266 g/mol. The Labute approximate surface area is 124 Å². The van der Waals surface area contributed by atoms with Crippen molar-refractivity contribution in [1.29, 1.82) is 0 Å². The maximum Gasteiger partial charge on any atom is 0.356 e. The second kappa shape index (κ2) is 6.26. The Morgan fingerprint density at radius 3 is 2.52 bits per heavy atom. The predicted molar refractivity (Wildman–Crippen MR) is 84.0 cm³/mol. The molecule has 1 heterocycles. The van der Waals surface area contributed by atoms with Crippen LogP contribution in [0.25, 0.3) is 11.1 Å². The van der Waals surface area contributed by atoms with Crippen LogP contribution in [0.1, 0.15) is 10.5 Å². The van der Waals surface area contributed by atoms with E-state index in [0.717, 1.165) is 11.1 Å². The van der Waals surface area contributed by atoms with Gasteiger partial charge in [0, 0.05) is 32.9 Å². The summed E-state index contributed by atoms with van der Waals surface area (Å²) in [5.74, 6) is -0.398. The molecule has 0 unspecified atom stereocenters. The van der Waals surface area contributed by atoms with Crippen LogP contribution >= 0.6 is 0 Å². The lowest BCUT2D eigenvalue weighted by molar-refractivity contribution is 0.0591. The molecule has 21 heavy (non-hydrogen) atoms. The lowest BCUT2D eigenvalue weighted by atomic mass is 10.1. The average Bonchev–Trinajstić information content (AvgIpc) is 2.82. The summed E-state index contributed by atoms with van der Waals surface area (Å²) in [5.41, 5.74) is 2.96. The van der Waals surface area contributed by atoms with Crippen LogP contribution in [-0.4, -0.2) is 43.0 Å². The third kappa shape index (κ3) is 3.13. The highest BCUT2D eigenvalue weighted by molar-refractivity contribution is 5.99. The van der Waals surface area contributed by atoms with Crippen LogP contribution in [0.4, 0.5) is 5.69 Å². The van der Waals surface area contributed by atoms with E-state index in [2.05, 4.69) is 4.99 Å². The summed E-state index contributed by atoms with van der Waals surface area (Å²) in [6.45, 7) is 0. The van der Waals surface area contributed by atoms with Crippen molar-refractivity contribution in [2.24, 2.45) is 12.0 Å². The molecule has 0 saturated carbocycles. The van der Waals surface area contributed by atoms with Crippen LogP contribution in [0, 0.1) is 0 Å². The topological polar surface area (TPSA) is 46.8 Å². The van der Waals surface area contributed by atoms with Gasteiger partial charge in [0.05, 0.1) is 13.4 Å². The molecule has 0 aliphatic heterocycles. The van der Waals surface area contributed by atoms with Crippen molar-refractivity contribution in [3.8, 4) is 11.1 Å². The molecule has 5 heteroatoms. The third-order valence-electron chi connectivity index (χ3n) is 3.04. The maximum atomic E-state index is 12.0. The van der Waals surface area contributed by atoms with Crippen molar-refractivity contribution >= 4 is 18.0 Å². The number of carbonyl (C=O) groups excluding carboxylic acids is 1. The quantitative estimate of drug-likeness (QED) is 0.493. The van der Waals surface area contributed by atoms with Gasteiger partial charge in [-0.1, -0.05) is 30.3 Å². The molecule has 0 radical (unpaired) electrons. The number of hydrogen-bond donors (Lipinski definition) is 0. The van der Waals surface area contributed by atoms with Gasteiger partial charge in [-0.05, 0) is 5.56 Å². The van der Waals surface area contributed by atoms with Crippen molar-refractivity contribution in [3.05, 3.63) is 42.2 Å². The molecule has 0 amide bonds. The summed E-state index contributed by atoms with van der Waals surface area (Å²) in [6.07, 6.45) is 3.57. The molecule has 0 spiro atoms. The smallest absolute Gasteiger partial charge is 0.356 e. The van der Waals surface area contributed by atoms with Crippen LogP contribution in [0.2, 0.25) is 0 Å². The Kier molecular flexibility index (Phi) is 4.42. The Morgan fingerprint density at radius 2 is 1.95 bits per heavy atom. The molecule has 0 aliphatic rings. The number of benzene rings is 1. The van der Waals surface area contributed by atoms with Crippen LogP contribution in [0.3, 0.4) is 0 Å². The van der Waals surface area contributed by atoms with Gasteiger partial charge >= 0.3 is 5.97 Å². The first kappa shape index (κ1) is 14.8. The summed E-state index contributed by atoms with van der Waals surface area (Å²) in [4.78, 5) is 18.3. The average molecular weight is 285 g/mol. The van der Waals surface area contributed by atoms with E-state index < -0.39 is 5.97 Å². The Hall–Kier alpha value is -2.56. The number of nitrogens with zero attached hydrogens (tertiary/aromatic N) is 3. The fourth-order valence-corrected chi connectivity index (χ4v) is 2.08. The third-order valence-corrected chi connectivity index (χ3v) is 3.04. The van der Waals surface area contributed by atoms with Gasteiger partial charge in [-0.15, -0.1) is 0 Å². The van der Waals surface area contributed by atoms with Crippen molar-refractivity contribution in [2.75, 3.05) is 21.2 Å². The number of aromatic nitrogens is 1. The highest BCUT2D eigenvalue weighted by atomic mass is 16.5. The van der Waals surface area contributed by atoms with Gasteiger partial charge in [0.2, 0.25) is 0 Å². The van der Waals surface area contributed by atoms with E-state index in [0.29, 0.717) is 11.4 Å². The van der Waals surface area contributed by atoms with E-state index in [9.17, 15) is 4.79 Å². The number of methoxy groups -OCH3 is 1. The minimum atomic E-state index is -0.398. The van der Waals surface area contributed by atoms with E-state index in [1.807, 2.05) is 62.6 Å². The first-order valence-electron chi connectivity index (χ1n) is 6.58.